The number of rotatable bonds is 14. The Bertz CT molecular complexity index is 478. The van der Waals surface area contributed by atoms with E-state index in [-0.39, 0.29) is 0 Å². The van der Waals surface area contributed by atoms with E-state index in [4.69, 9.17) is 0 Å². The molecule has 2 aromatic carbocycles. The molecule has 2 rings (SSSR count). The zero-order valence-electron chi connectivity index (χ0n) is 15.3. The molecule has 0 unspecified atom stereocenters. The van der Waals surface area contributed by atoms with Gasteiger partial charge in [-0.3, -0.25) is 0 Å². The normalized spacial score (nSPS) is 10.9. The van der Waals surface area contributed by atoms with Crippen LogP contribution in [0.3, 0.4) is 0 Å². The number of hydrogen-bond acceptors (Lipinski definition) is 3. The summed E-state index contributed by atoms with van der Waals surface area (Å²) < 4.78 is 0. The number of nitrogens with one attached hydrogen (secondary N) is 3. The van der Waals surface area contributed by atoms with Crippen molar-refractivity contribution in [2.45, 2.75) is 25.7 Å². The van der Waals surface area contributed by atoms with Gasteiger partial charge in [0.2, 0.25) is 0 Å². The topological polar surface area (TPSA) is 36.1 Å². The molecule has 0 bridgehead atoms. The highest BCUT2D eigenvalue weighted by Crippen LogP contribution is 2.01. The van der Waals surface area contributed by atoms with Gasteiger partial charge in [-0.25, -0.2) is 0 Å². The first-order chi connectivity index (χ1) is 12.4. The fourth-order valence-electron chi connectivity index (χ4n) is 2.85. The van der Waals surface area contributed by atoms with Crippen LogP contribution in [0.25, 0.3) is 0 Å². The highest BCUT2D eigenvalue weighted by Gasteiger charge is 1.94. The van der Waals surface area contributed by atoms with Gasteiger partial charge in [-0.2, -0.15) is 0 Å². The molecule has 0 saturated heterocycles. The van der Waals surface area contributed by atoms with E-state index in [1.165, 1.54) is 24.0 Å². The summed E-state index contributed by atoms with van der Waals surface area (Å²) in [4.78, 5) is 0. The summed E-state index contributed by atoms with van der Waals surface area (Å²) in [6, 6.07) is 21.4. The molecule has 3 N–H and O–H groups in total. The molecule has 3 nitrogen and oxygen atoms in total. The third-order valence-corrected chi connectivity index (χ3v) is 4.28. The van der Waals surface area contributed by atoms with E-state index >= 15 is 0 Å². The Kier molecular flexibility index (Phi) is 10.7. The van der Waals surface area contributed by atoms with Crippen molar-refractivity contribution in [3.05, 3.63) is 71.8 Å². The van der Waals surface area contributed by atoms with Crippen molar-refractivity contribution >= 4 is 0 Å². The molecular formula is C22H33N3. The summed E-state index contributed by atoms with van der Waals surface area (Å²) in [5.74, 6) is 0. The van der Waals surface area contributed by atoms with Crippen molar-refractivity contribution in [3.63, 3.8) is 0 Å². The molecule has 0 amide bonds. The summed E-state index contributed by atoms with van der Waals surface area (Å²) in [5, 5.41) is 10.5. The fourth-order valence-corrected chi connectivity index (χ4v) is 2.85. The quantitative estimate of drug-likeness (QED) is 0.463. The molecule has 3 heteroatoms. The van der Waals surface area contributed by atoms with Crippen LogP contribution < -0.4 is 16.0 Å². The summed E-state index contributed by atoms with van der Waals surface area (Å²) >= 11 is 0. The summed E-state index contributed by atoms with van der Waals surface area (Å²) in [5.41, 5.74) is 2.86. The van der Waals surface area contributed by atoms with E-state index in [9.17, 15) is 0 Å². The standard InChI is InChI=1S/C22H33N3/c1-3-9-21(10-4-1)13-7-15-23-17-19-25-20-18-24-16-8-14-22-11-5-2-6-12-22/h1-6,9-12,23-25H,7-8,13-20H2. The predicted octanol–water partition coefficient (Wildman–Crippen LogP) is 3.02. The summed E-state index contributed by atoms with van der Waals surface area (Å²) in [6.45, 7) is 6.35. The Morgan fingerprint density at radius 1 is 0.440 bits per heavy atom. The van der Waals surface area contributed by atoms with Gasteiger partial charge in [0.05, 0.1) is 0 Å². The van der Waals surface area contributed by atoms with E-state index < -0.39 is 0 Å². The first-order valence-electron chi connectivity index (χ1n) is 9.65. The lowest BCUT2D eigenvalue weighted by Gasteiger charge is -2.08. The molecule has 2 aromatic rings. The minimum absolute atomic E-state index is 1.04. The van der Waals surface area contributed by atoms with Crippen molar-refractivity contribution in [2.75, 3.05) is 39.3 Å². The molecule has 0 atom stereocenters. The molecular weight excluding hydrogens is 306 g/mol. The van der Waals surface area contributed by atoms with Crippen LogP contribution in [0.4, 0.5) is 0 Å². The van der Waals surface area contributed by atoms with Crippen LogP contribution in [0.1, 0.15) is 24.0 Å². The zero-order chi connectivity index (χ0) is 17.4. The van der Waals surface area contributed by atoms with E-state index in [1.54, 1.807) is 0 Å². The smallest absolute Gasteiger partial charge is 0.00772 e. The number of hydrogen-bond donors (Lipinski definition) is 3. The van der Waals surface area contributed by atoms with E-state index in [0.29, 0.717) is 0 Å². The first-order valence-corrected chi connectivity index (χ1v) is 9.65. The van der Waals surface area contributed by atoms with Crippen LogP contribution >= 0.6 is 0 Å². The highest BCUT2D eigenvalue weighted by atomic mass is 15.0. The molecule has 0 radical (unpaired) electrons. The second-order valence-corrected chi connectivity index (χ2v) is 6.43. The largest absolute Gasteiger partial charge is 0.315 e. The third kappa shape index (κ3) is 10.0. The van der Waals surface area contributed by atoms with E-state index in [2.05, 4.69) is 76.6 Å². The lowest BCUT2D eigenvalue weighted by Crippen LogP contribution is -2.33. The van der Waals surface area contributed by atoms with Crippen molar-refractivity contribution < 1.29 is 0 Å². The van der Waals surface area contributed by atoms with Crippen LogP contribution in [0.5, 0.6) is 0 Å². The first kappa shape index (κ1) is 19.6. The van der Waals surface area contributed by atoms with Crippen LogP contribution in [0.2, 0.25) is 0 Å². The fraction of sp³-hybridized carbons (Fsp3) is 0.455. The second-order valence-electron chi connectivity index (χ2n) is 6.43. The van der Waals surface area contributed by atoms with E-state index in [0.717, 1.165) is 52.1 Å². The Hall–Kier alpha value is -1.68. The Balaban J connectivity index is 1.30. The molecule has 0 aliphatic heterocycles. The van der Waals surface area contributed by atoms with Gasteiger partial charge in [-0.05, 0) is 49.9 Å². The van der Waals surface area contributed by atoms with Crippen LogP contribution in [0.15, 0.2) is 60.7 Å². The second kappa shape index (κ2) is 13.6. The van der Waals surface area contributed by atoms with Crippen LogP contribution in [-0.2, 0) is 12.8 Å². The zero-order valence-corrected chi connectivity index (χ0v) is 15.3. The Morgan fingerprint density at radius 3 is 1.20 bits per heavy atom. The molecule has 0 aliphatic rings. The Labute approximate surface area is 153 Å². The van der Waals surface area contributed by atoms with Gasteiger partial charge in [0.15, 0.2) is 0 Å². The molecule has 0 aromatic heterocycles. The Morgan fingerprint density at radius 2 is 0.800 bits per heavy atom. The molecule has 0 fully saturated rings. The molecule has 0 heterocycles. The summed E-state index contributed by atoms with van der Waals surface area (Å²) in [7, 11) is 0. The van der Waals surface area contributed by atoms with Crippen molar-refractivity contribution in [1.82, 2.24) is 16.0 Å². The number of aryl methyl sites for hydroxylation is 2. The lowest BCUT2D eigenvalue weighted by molar-refractivity contribution is 0.568. The SMILES string of the molecule is c1ccc(CCCNCCNCCNCCCc2ccccc2)cc1. The number of benzene rings is 2. The van der Waals surface area contributed by atoms with Crippen molar-refractivity contribution in [1.29, 1.82) is 0 Å². The van der Waals surface area contributed by atoms with Gasteiger partial charge < -0.3 is 16.0 Å². The van der Waals surface area contributed by atoms with Crippen molar-refractivity contribution in [2.24, 2.45) is 0 Å². The van der Waals surface area contributed by atoms with Gasteiger partial charge >= 0.3 is 0 Å². The lowest BCUT2D eigenvalue weighted by atomic mass is 10.1. The van der Waals surface area contributed by atoms with Crippen LogP contribution in [-0.4, -0.2) is 39.3 Å². The van der Waals surface area contributed by atoms with Gasteiger partial charge in [0, 0.05) is 26.2 Å². The molecule has 0 spiro atoms. The maximum Gasteiger partial charge on any atom is 0.00772 e. The summed E-state index contributed by atoms with van der Waals surface area (Å²) in [6.07, 6.45) is 4.72. The third-order valence-electron chi connectivity index (χ3n) is 4.28. The van der Waals surface area contributed by atoms with Gasteiger partial charge in [0.25, 0.3) is 0 Å². The van der Waals surface area contributed by atoms with Gasteiger partial charge in [-0.1, -0.05) is 60.7 Å². The van der Waals surface area contributed by atoms with Gasteiger partial charge in [0.1, 0.15) is 0 Å². The average Bonchev–Trinajstić information content (AvgIpc) is 2.67. The minimum Gasteiger partial charge on any atom is -0.315 e. The molecule has 136 valence electrons. The predicted molar refractivity (Wildman–Crippen MR) is 108 cm³/mol. The highest BCUT2D eigenvalue weighted by molar-refractivity contribution is 5.15. The molecule has 0 aliphatic carbocycles. The minimum atomic E-state index is 1.04. The maximum atomic E-state index is 3.50. The monoisotopic (exact) mass is 339 g/mol. The van der Waals surface area contributed by atoms with Gasteiger partial charge in [-0.15, -0.1) is 0 Å². The van der Waals surface area contributed by atoms with E-state index in [1.807, 2.05) is 0 Å². The molecule has 0 saturated carbocycles. The molecule has 25 heavy (non-hydrogen) atoms. The van der Waals surface area contributed by atoms with Crippen molar-refractivity contribution in [3.8, 4) is 0 Å². The van der Waals surface area contributed by atoms with Crippen LogP contribution in [0, 0.1) is 0 Å². The maximum absolute atomic E-state index is 3.50. The average molecular weight is 340 g/mol.